The van der Waals surface area contributed by atoms with E-state index >= 15 is 0 Å². The molecule has 0 bridgehead atoms. The summed E-state index contributed by atoms with van der Waals surface area (Å²) in [5.74, 6) is 5.86. The first kappa shape index (κ1) is 23.6. The van der Waals surface area contributed by atoms with Crippen LogP contribution < -0.4 is 11.1 Å². The number of piperazine rings is 1. The minimum absolute atomic E-state index is 0.289. The van der Waals surface area contributed by atoms with Crippen LogP contribution in [-0.4, -0.2) is 63.4 Å². The van der Waals surface area contributed by atoms with Crippen molar-refractivity contribution in [2.24, 2.45) is 0 Å². The van der Waals surface area contributed by atoms with Gasteiger partial charge in [0, 0.05) is 61.4 Å². The molecule has 174 valence electrons. The zero-order chi connectivity index (χ0) is 23.9. The Morgan fingerprint density at radius 1 is 1.06 bits per heavy atom. The van der Waals surface area contributed by atoms with E-state index in [0.29, 0.717) is 33.3 Å². The number of hydrogen-bond donors (Lipinski definition) is 2. The van der Waals surface area contributed by atoms with Crippen LogP contribution in [0.2, 0.25) is 5.02 Å². The second-order valence-electron chi connectivity index (χ2n) is 8.01. The van der Waals surface area contributed by atoms with Crippen LogP contribution in [0, 0.1) is 11.8 Å². The summed E-state index contributed by atoms with van der Waals surface area (Å²) in [6, 6.07) is 7.30. The van der Waals surface area contributed by atoms with Gasteiger partial charge in [0.25, 0.3) is 5.91 Å². The topological polar surface area (TPSA) is 100 Å². The highest BCUT2D eigenvalue weighted by atomic mass is 35.5. The molecule has 0 aliphatic carbocycles. The molecule has 34 heavy (non-hydrogen) atoms. The monoisotopic (exact) mass is 475 g/mol. The number of hydrogen-bond acceptors (Lipinski definition) is 7. The van der Waals surface area contributed by atoms with Gasteiger partial charge in [-0.3, -0.25) is 14.7 Å². The molecular formula is C25H26ClN7O. The maximum atomic E-state index is 12.8. The SMILES string of the molecule is CCN1CCN(Cc2ccc(NC(=O)c3cncc(C#Cc4cnc(N)cn4)c3)cc2Cl)CC1. The van der Waals surface area contributed by atoms with E-state index in [1.165, 1.54) is 18.6 Å². The lowest BCUT2D eigenvalue weighted by Crippen LogP contribution is -2.45. The van der Waals surface area contributed by atoms with E-state index in [1.54, 1.807) is 18.3 Å². The van der Waals surface area contributed by atoms with Crippen molar-refractivity contribution >= 4 is 29.0 Å². The predicted octanol–water partition coefficient (Wildman–Crippen LogP) is 2.90. The molecule has 0 radical (unpaired) electrons. The van der Waals surface area contributed by atoms with Crippen molar-refractivity contribution in [3.05, 3.63) is 76.5 Å². The van der Waals surface area contributed by atoms with Crippen LogP contribution in [-0.2, 0) is 6.54 Å². The van der Waals surface area contributed by atoms with E-state index in [1.807, 2.05) is 12.1 Å². The third kappa shape index (κ3) is 6.29. The molecule has 8 nitrogen and oxygen atoms in total. The summed E-state index contributed by atoms with van der Waals surface area (Å²) in [4.78, 5) is 29.8. The lowest BCUT2D eigenvalue weighted by molar-refractivity contribution is 0.102. The second-order valence-corrected chi connectivity index (χ2v) is 8.42. The van der Waals surface area contributed by atoms with Crippen LogP contribution in [0.25, 0.3) is 0 Å². The summed E-state index contributed by atoms with van der Waals surface area (Å²) in [7, 11) is 0. The van der Waals surface area contributed by atoms with Crippen molar-refractivity contribution in [3.8, 4) is 11.8 Å². The summed E-state index contributed by atoms with van der Waals surface area (Å²) < 4.78 is 0. The molecule has 1 aliphatic rings. The molecule has 0 saturated carbocycles. The number of nitrogens with zero attached hydrogens (tertiary/aromatic N) is 5. The third-order valence-corrected chi connectivity index (χ3v) is 5.98. The first-order valence-electron chi connectivity index (χ1n) is 11.1. The highest BCUT2D eigenvalue weighted by Crippen LogP contribution is 2.23. The predicted molar refractivity (Wildman–Crippen MR) is 133 cm³/mol. The zero-order valence-corrected chi connectivity index (χ0v) is 19.7. The molecule has 1 saturated heterocycles. The van der Waals surface area contributed by atoms with Gasteiger partial charge in [-0.05, 0) is 36.2 Å². The molecule has 3 aromatic rings. The quantitative estimate of drug-likeness (QED) is 0.547. The molecule has 3 heterocycles. The lowest BCUT2D eigenvalue weighted by Gasteiger charge is -2.34. The molecule has 1 aliphatic heterocycles. The van der Waals surface area contributed by atoms with Gasteiger partial charge in [-0.15, -0.1) is 0 Å². The molecule has 0 spiro atoms. The Morgan fingerprint density at radius 2 is 1.85 bits per heavy atom. The Morgan fingerprint density at radius 3 is 2.56 bits per heavy atom. The number of benzene rings is 1. The van der Waals surface area contributed by atoms with E-state index in [0.717, 1.165) is 44.8 Å². The number of carbonyl (C=O) groups is 1. The van der Waals surface area contributed by atoms with Gasteiger partial charge in [-0.2, -0.15) is 0 Å². The van der Waals surface area contributed by atoms with Gasteiger partial charge in [0.1, 0.15) is 11.5 Å². The average molecular weight is 476 g/mol. The number of halogens is 1. The van der Waals surface area contributed by atoms with E-state index in [2.05, 4.69) is 48.8 Å². The highest BCUT2D eigenvalue weighted by molar-refractivity contribution is 6.31. The maximum Gasteiger partial charge on any atom is 0.257 e. The molecule has 9 heteroatoms. The van der Waals surface area contributed by atoms with Crippen molar-refractivity contribution in [2.45, 2.75) is 13.5 Å². The largest absolute Gasteiger partial charge is 0.382 e. The number of anilines is 2. The van der Waals surface area contributed by atoms with Crippen LogP contribution >= 0.6 is 11.6 Å². The van der Waals surface area contributed by atoms with Crippen LogP contribution in [0.15, 0.2) is 49.1 Å². The Kier molecular flexibility index (Phi) is 7.70. The van der Waals surface area contributed by atoms with Gasteiger partial charge in [-0.25, -0.2) is 9.97 Å². The Hall–Kier alpha value is -3.51. The summed E-state index contributed by atoms with van der Waals surface area (Å²) in [5.41, 5.74) is 8.67. The normalized spacial score (nSPS) is 14.3. The van der Waals surface area contributed by atoms with Crippen LogP contribution in [0.4, 0.5) is 11.5 Å². The first-order chi connectivity index (χ1) is 16.5. The van der Waals surface area contributed by atoms with E-state index in [9.17, 15) is 4.79 Å². The number of nitrogens with two attached hydrogens (primary N) is 1. The fourth-order valence-corrected chi connectivity index (χ4v) is 3.87. The zero-order valence-electron chi connectivity index (χ0n) is 19.0. The van der Waals surface area contributed by atoms with Gasteiger partial charge in [0.2, 0.25) is 0 Å². The van der Waals surface area contributed by atoms with Crippen LogP contribution in [0.5, 0.6) is 0 Å². The molecule has 1 aromatic carbocycles. The standard InChI is InChI=1S/C25H26ClN7O/c1-2-32-7-9-33(10-8-32)17-19-4-6-21(12-23(19)26)31-25(34)20-11-18(13-28-14-20)3-5-22-15-30-24(27)16-29-22/h4,6,11-16H,2,7-10,17H2,1H3,(H2,27,30)(H,31,34). The summed E-state index contributed by atoms with van der Waals surface area (Å²) in [5, 5.41) is 3.52. The highest BCUT2D eigenvalue weighted by Gasteiger charge is 2.17. The van der Waals surface area contributed by atoms with Gasteiger partial charge in [0.15, 0.2) is 0 Å². The van der Waals surface area contributed by atoms with E-state index in [-0.39, 0.29) is 5.91 Å². The molecule has 3 N–H and O–H groups in total. The Labute approximate surface area is 204 Å². The summed E-state index contributed by atoms with van der Waals surface area (Å²) >= 11 is 6.53. The maximum absolute atomic E-state index is 12.8. The second kappa shape index (κ2) is 11.1. The fourth-order valence-electron chi connectivity index (χ4n) is 3.63. The van der Waals surface area contributed by atoms with Crippen molar-refractivity contribution in [1.82, 2.24) is 24.8 Å². The number of pyridine rings is 1. The fraction of sp³-hybridized carbons (Fsp3) is 0.280. The lowest BCUT2D eigenvalue weighted by atomic mass is 10.1. The molecule has 0 unspecified atom stereocenters. The number of nitrogens with one attached hydrogen (secondary N) is 1. The van der Waals surface area contributed by atoms with Crippen LogP contribution in [0.3, 0.4) is 0 Å². The van der Waals surface area contributed by atoms with Crippen molar-refractivity contribution in [3.63, 3.8) is 0 Å². The molecular weight excluding hydrogens is 450 g/mol. The van der Waals surface area contributed by atoms with Crippen molar-refractivity contribution in [1.29, 1.82) is 0 Å². The van der Waals surface area contributed by atoms with Gasteiger partial charge >= 0.3 is 0 Å². The number of aromatic nitrogens is 3. The Balaban J connectivity index is 1.38. The molecule has 0 atom stereocenters. The molecule has 1 fully saturated rings. The first-order valence-corrected chi connectivity index (χ1v) is 11.5. The number of likely N-dealkylation sites (N-methyl/N-ethyl adjacent to an activating group) is 1. The summed E-state index contributed by atoms with van der Waals surface area (Å²) in [6.07, 6.45) is 6.01. The minimum atomic E-state index is -0.289. The van der Waals surface area contributed by atoms with Gasteiger partial charge in [-0.1, -0.05) is 30.5 Å². The van der Waals surface area contributed by atoms with Crippen molar-refractivity contribution in [2.75, 3.05) is 43.8 Å². The summed E-state index contributed by atoms with van der Waals surface area (Å²) in [6.45, 7) is 8.29. The number of nitrogen functional groups attached to an aromatic ring is 1. The third-order valence-electron chi connectivity index (χ3n) is 5.62. The number of carbonyl (C=O) groups excluding carboxylic acids is 1. The van der Waals surface area contributed by atoms with Gasteiger partial charge < -0.3 is 16.0 Å². The number of amides is 1. The average Bonchev–Trinajstić information content (AvgIpc) is 2.86. The number of rotatable bonds is 5. The molecule has 4 rings (SSSR count). The molecule has 2 aromatic heterocycles. The minimum Gasteiger partial charge on any atom is -0.382 e. The van der Waals surface area contributed by atoms with E-state index in [4.69, 9.17) is 17.3 Å². The molecule has 1 amide bonds. The van der Waals surface area contributed by atoms with Crippen molar-refractivity contribution < 1.29 is 4.79 Å². The van der Waals surface area contributed by atoms with Crippen LogP contribution in [0.1, 0.15) is 34.1 Å². The Bertz CT molecular complexity index is 1210. The van der Waals surface area contributed by atoms with Gasteiger partial charge in [0.05, 0.1) is 18.0 Å². The van der Waals surface area contributed by atoms with E-state index < -0.39 is 0 Å². The smallest absolute Gasteiger partial charge is 0.257 e.